The standard InChI is InChI=1S/C33H36N4O3/c1-5-9-30-25(21-37(31(6-2)34-30)26-16-18-27(19-17-26)39-22(3)4)20-23-12-14-24(15-13-23)28-10-7-8-11-29(28)32-35-33(38)40-36-32/h7-8,10-19,22H,5-6,9,20-21H2,1-4H3,(H,35,36,38). The SMILES string of the molecule is CCCC1=C(Cc2ccc(-c3ccccc3-c3noc(=O)[nH]3)cc2)CN(c2ccc(OC(C)C)cc2)C(CC)=N1. The zero-order valence-electron chi connectivity index (χ0n) is 23.6. The summed E-state index contributed by atoms with van der Waals surface area (Å²) in [5.74, 6) is 1.84. The number of aromatic nitrogens is 2. The second-order valence-corrected chi connectivity index (χ2v) is 10.3. The normalized spacial score (nSPS) is 13.6. The number of nitrogens with zero attached hydrogens (tertiary/aromatic N) is 3. The Balaban J connectivity index is 1.40. The van der Waals surface area contributed by atoms with Gasteiger partial charge in [0, 0.05) is 29.9 Å². The number of ether oxygens (including phenoxy) is 1. The third kappa shape index (κ3) is 6.09. The fourth-order valence-electron chi connectivity index (χ4n) is 5.12. The van der Waals surface area contributed by atoms with Crippen molar-refractivity contribution in [1.29, 1.82) is 0 Å². The van der Waals surface area contributed by atoms with Gasteiger partial charge < -0.3 is 9.64 Å². The number of nitrogens with one attached hydrogen (secondary N) is 1. The van der Waals surface area contributed by atoms with Crippen LogP contribution in [0, 0.1) is 0 Å². The fraction of sp³-hybridized carbons (Fsp3) is 0.303. The molecule has 40 heavy (non-hydrogen) atoms. The van der Waals surface area contributed by atoms with Crippen LogP contribution in [-0.4, -0.2) is 28.6 Å². The Morgan fingerprint density at radius 3 is 2.33 bits per heavy atom. The van der Waals surface area contributed by atoms with Crippen molar-refractivity contribution in [3.63, 3.8) is 0 Å². The molecule has 5 rings (SSSR count). The minimum absolute atomic E-state index is 0.144. The number of rotatable bonds is 10. The summed E-state index contributed by atoms with van der Waals surface area (Å²) in [4.78, 5) is 21.7. The first-order chi connectivity index (χ1) is 19.4. The van der Waals surface area contributed by atoms with Crippen molar-refractivity contribution in [2.45, 2.75) is 59.5 Å². The molecule has 0 bridgehead atoms. The molecule has 7 heteroatoms. The molecular weight excluding hydrogens is 500 g/mol. The Morgan fingerprint density at radius 2 is 1.70 bits per heavy atom. The van der Waals surface area contributed by atoms with Crippen LogP contribution < -0.4 is 15.4 Å². The minimum atomic E-state index is -0.563. The molecule has 7 nitrogen and oxygen atoms in total. The van der Waals surface area contributed by atoms with E-state index in [0.29, 0.717) is 5.82 Å². The van der Waals surface area contributed by atoms with E-state index in [0.717, 1.165) is 66.2 Å². The van der Waals surface area contributed by atoms with Crippen molar-refractivity contribution in [2.24, 2.45) is 4.99 Å². The third-order valence-electron chi connectivity index (χ3n) is 6.96. The molecule has 1 aliphatic rings. The van der Waals surface area contributed by atoms with Gasteiger partial charge in [-0.3, -0.25) is 9.51 Å². The summed E-state index contributed by atoms with van der Waals surface area (Å²) in [7, 11) is 0. The summed E-state index contributed by atoms with van der Waals surface area (Å²) in [6.45, 7) is 9.27. The number of allylic oxidation sites excluding steroid dienone is 1. The van der Waals surface area contributed by atoms with E-state index in [1.54, 1.807) is 0 Å². The van der Waals surface area contributed by atoms with E-state index >= 15 is 0 Å². The molecule has 0 fully saturated rings. The van der Waals surface area contributed by atoms with Gasteiger partial charge in [0.25, 0.3) is 0 Å². The topological polar surface area (TPSA) is 83.7 Å². The molecule has 3 aromatic carbocycles. The maximum atomic E-state index is 11.5. The number of hydrogen-bond acceptors (Lipinski definition) is 6. The van der Waals surface area contributed by atoms with E-state index in [-0.39, 0.29) is 6.10 Å². The van der Waals surface area contributed by atoms with Gasteiger partial charge in [0.1, 0.15) is 11.6 Å². The van der Waals surface area contributed by atoms with Gasteiger partial charge in [0.15, 0.2) is 5.82 Å². The largest absolute Gasteiger partial charge is 0.491 e. The average Bonchev–Trinajstić information content (AvgIpc) is 3.40. The van der Waals surface area contributed by atoms with Crippen LogP contribution in [0.3, 0.4) is 0 Å². The van der Waals surface area contributed by atoms with Crippen LogP contribution >= 0.6 is 0 Å². The van der Waals surface area contributed by atoms with Gasteiger partial charge in [-0.25, -0.2) is 9.79 Å². The third-order valence-corrected chi connectivity index (χ3v) is 6.96. The van der Waals surface area contributed by atoms with Crippen molar-refractivity contribution in [3.8, 4) is 28.3 Å². The zero-order valence-corrected chi connectivity index (χ0v) is 23.6. The van der Waals surface area contributed by atoms with Crippen LogP contribution in [0.1, 0.15) is 52.5 Å². The quantitative estimate of drug-likeness (QED) is 0.228. The molecule has 0 unspecified atom stereocenters. The van der Waals surface area contributed by atoms with E-state index in [1.165, 1.54) is 16.8 Å². The zero-order chi connectivity index (χ0) is 28.1. The summed E-state index contributed by atoms with van der Waals surface area (Å²) in [5, 5.41) is 3.88. The highest BCUT2D eigenvalue weighted by molar-refractivity contribution is 5.99. The van der Waals surface area contributed by atoms with Crippen LogP contribution in [0.15, 0.2) is 98.4 Å². The van der Waals surface area contributed by atoms with Crippen LogP contribution in [0.5, 0.6) is 5.75 Å². The molecule has 0 saturated carbocycles. The predicted octanol–water partition coefficient (Wildman–Crippen LogP) is 7.41. The number of H-pyrrole nitrogens is 1. The second kappa shape index (κ2) is 12.2. The molecule has 1 N–H and O–H groups in total. The van der Waals surface area contributed by atoms with E-state index in [1.807, 2.05) is 50.2 Å². The number of hydrogen-bond donors (Lipinski definition) is 1. The first-order valence-electron chi connectivity index (χ1n) is 14.0. The van der Waals surface area contributed by atoms with Crippen molar-refractivity contribution < 1.29 is 9.26 Å². The van der Waals surface area contributed by atoms with Gasteiger partial charge >= 0.3 is 5.76 Å². The Kier molecular flexibility index (Phi) is 8.29. The first-order valence-corrected chi connectivity index (χ1v) is 14.0. The predicted molar refractivity (Wildman–Crippen MR) is 161 cm³/mol. The Labute approximate surface area is 235 Å². The number of aliphatic imine (C=N–C) groups is 1. The first kappa shape index (κ1) is 27.2. The molecule has 4 aromatic rings. The van der Waals surface area contributed by atoms with Crippen molar-refractivity contribution in [2.75, 3.05) is 11.4 Å². The fourth-order valence-corrected chi connectivity index (χ4v) is 5.12. The molecular formula is C33H36N4O3. The molecule has 0 radical (unpaired) electrons. The number of benzene rings is 3. The molecule has 0 saturated heterocycles. The van der Waals surface area contributed by atoms with Crippen molar-refractivity contribution >= 4 is 11.5 Å². The van der Waals surface area contributed by atoms with Crippen molar-refractivity contribution in [3.05, 3.63) is 100 Å². The van der Waals surface area contributed by atoms with Gasteiger partial charge in [0.05, 0.1) is 6.10 Å². The van der Waals surface area contributed by atoms with E-state index in [2.05, 4.69) is 65.3 Å². The van der Waals surface area contributed by atoms with Crippen LogP contribution in [0.25, 0.3) is 22.5 Å². The van der Waals surface area contributed by atoms with Crippen LogP contribution in [0.2, 0.25) is 0 Å². The Hall–Kier alpha value is -4.39. The van der Waals surface area contributed by atoms with Crippen molar-refractivity contribution in [1.82, 2.24) is 10.1 Å². The highest BCUT2D eigenvalue weighted by atomic mass is 16.5. The monoisotopic (exact) mass is 536 g/mol. The molecule has 2 heterocycles. The summed E-state index contributed by atoms with van der Waals surface area (Å²) in [6.07, 6.45) is 3.87. The van der Waals surface area contributed by atoms with Gasteiger partial charge in [-0.2, -0.15) is 0 Å². The summed E-state index contributed by atoms with van der Waals surface area (Å²) in [6, 6.07) is 24.8. The number of aromatic amines is 1. The maximum Gasteiger partial charge on any atom is 0.439 e. The van der Waals surface area contributed by atoms with E-state index < -0.39 is 5.76 Å². The lowest BCUT2D eigenvalue weighted by Crippen LogP contribution is -2.36. The van der Waals surface area contributed by atoms with E-state index in [4.69, 9.17) is 14.3 Å². The molecule has 206 valence electrons. The maximum absolute atomic E-state index is 11.5. The molecule has 1 aromatic heterocycles. The van der Waals surface area contributed by atoms with Crippen LogP contribution in [0.4, 0.5) is 5.69 Å². The Bertz CT molecular complexity index is 1560. The van der Waals surface area contributed by atoms with Gasteiger partial charge in [-0.05, 0) is 73.2 Å². The highest BCUT2D eigenvalue weighted by Gasteiger charge is 2.22. The van der Waals surface area contributed by atoms with Crippen LogP contribution in [-0.2, 0) is 6.42 Å². The summed E-state index contributed by atoms with van der Waals surface area (Å²) < 4.78 is 10.6. The highest BCUT2D eigenvalue weighted by Crippen LogP contribution is 2.32. The molecule has 1 aliphatic heterocycles. The molecule has 0 spiro atoms. The summed E-state index contributed by atoms with van der Waals surface area (Å²) in [5.41, 5.74) is 7.76. The molecule has 0 amide bonds. The average molecular weight is 537 g/mol. The summed E-state index contributed by atoms with van der Waals surface area (Å²) >= 11 is 0. The van der Waals surface area contributed by atoms with Gasteiger partial charge in [0.2, 0.25) is 0 Å². The lowest BCUT2D eigenvalue weighted by atomic mass is 9.95. The molecule has 0 atom stereocenters. The smallest absolute Gasteiger partial charge is 0.439 e. The number of amidine groups is 1. The number of anilines is 1. The minimum Gasteiger partial charge on any atom is -0.491 e. The second-order valence-electron chi connectivity index (χ2n) is 10.3. The lowest BCUT2D eigenvalue weighted by molar-refractivity contribution is 0.242. The van der Waals surface area contributed by atoms with E-state index in [9.17, 15) is 4.79 Å². The Morgan fingerprint density at radius 1 is 0.975 bits per heavy atom. The lowest BCUT2D eigenvalue weighted by Gasteiger charge is -2.32. The van der Waals surface area contributed by atoms with Gasteiger partial charge in [-0.1, -0.05) is 74.0 Å². The molecule has 0 aliphatic carbocycles. The van der Waals surface area contributed by atoms with Gasteiger partial charge in [-0.15, -0.1) is 0 Å².